The highest BCUT2D eigenvalue weighted by atomic mass is 35.5. The minimum Gasteiger partial charge on any atom is -0.352 e. The van der Waals surface area contributed by atoms with E-state index in [2.05, 4.69) is 15.5 Å². The quantitative estimate of drug-likeness (QED) is 0.891. The molecule has 2 fully saturated rings. The summed E-state index contributed by atoms with van der Waals surface area (Å²) < 4.78 is 14.2. The summed E-state index contributed by atoms with van der Waals surface area (Å²) in [5.74, 6) is 0.840. The molecule has 2 heterocycles. The maximum atomic E-state index is 14.2. The van der Waals surface area contributed by atoms with Crippen LogP contribution in [0.2, 0.25) is 5.15 Å². The zero-order chi connectivity index (χ0) is 18.1. The van der Waals surface area contributed by atoms with Crippen LogP contribution in [0.15, 0.2) is 30.3 Å². The fraction of sp³-hybridized carbons (Fsp3) is 0.389. The average Bonchev–Trinajstić information content (AvgIpc) is 3.49. The number of amides is 2. The first-order valence-corrected chi connectivity index (χ1v) is 9.07. The van der Waals surface area contributed by atoms with Crippen molar-refractivity contribution in [1.29, 1.82) is 0 Å². The van der Waals surface area contributed by atoms with Gasteiger partial charge in [-0.1, -0.05) is 17.7 Å². The Labute approximate surface area is 156 Å². The van der Waals surface area contributed by atoms with Crippen molar-refractivity contribution in [2.24, 2.45) is 0 Å². The van der Waals surface area contributed by atoms with Gasteiger partial charge in [-0.2, -0.15) is 0 Å². The number of hydrogen-bond acceptors (Lipinski definition) is 4. The van der Waals surface area contributed by atoms with Crippen molar-refractivity contribution in [1.82, 2.24) is 15.1 Å². The Hall–Kier alpha value is -2.41. The van der Waals surface area contributed by atoms with Gasteiger partial charge in [0.25, 0.3) is 0 Å². The normalized spacial score (nSPS) is 17.3. The standard InChI is InChI=1S/C18H19ClFN5O/c19-16-5-6-17(23-22-16)24-7-9-25(10-8-24)18(26)21-15-4-3-13(11-14(15)20)12-1-2-12/h3-6,11-12H,1-2,7-10H2,(H,21,26). The Morgan fingerprint density at radius 1 is 1.12 bits per heavy atom. The highest BCUT2D eigenvalue weighted by molar-refractivity contribution is 6.29. The molecular weight excluding hydrogens is 357 g/mol. The van der Waals surface area contributed by atoms with E-state index in [1.54, 1.807) is 17.0 Å². The maximum absolute atomic E-state index is 14.2. The number of halogens is 2. The molecule has 2 amide bonds. The number of benzene rings is 1. The van der Waals surface area contributed by atoms with Crippen molar-refractivity contribution in [2.45, 2.75) is 18.8 Å². The fourth-order valence-electron chi connectivity index (χ4n) is 3.11. The number of aromatic nitrogens is 2. The van der Waals surface area contributed by atoms with Crippen molar-refractivity contribution in [2.75, 3.05) is 36.4 Å². The topological polar surface area (TPSA) is 61.4 Å². The molecule has 0 bridgehead atoms. The molecule has 8 heteroatoms. The number of nitrogens with one attached hydrogen (secondary N) is 1. The molecule has 0 atom stereocenters. The van der Waals surface area contributed by atoms with Gasteiger partial charge < -0.3 is 15.1 Å². The van der Waals surface area contributed by atoms with E-state index in [0.717, 1.165) is 24.2 Å². The molecule has 0 unspecified atom stereocenters. The largest absolute Gasteiger partial charge is 0.352 e. The molecule has 0 radical (unpaired) electrons. The zero-order valence-corrected chi connectivity index (χ0v) is 14.9. The van der Waals surface area contributed by atoms with Gasteiger partial charge in [-0.15, -0.1) is 10.2 Å². The maximum Gasteiger partial charge on any atom is 0.322 e. The highest BCUT2D eigenvalue weighted by Crippen LogP contribution is 2.40. The van der Waals surface area contributed by atoms with Gasteiger partial charge in [-0.25, -0.2) is 9.18 Å². The molecule has 1 saturated heterocycles. The third-order valence-corrected chi connectivity index (χ3v) is 4.99. The summed E-state index contributed by atoms with van der Waals surface area (Å²) in [7, 11) is 0. The molecule has 1 aliphatic carbocycles. The number of anilines is 2. The van der Waals surface area contributed by atoms with Gasteiger partial charge in [0.2, 0.25) is 0 Å². The summed E-state index contributed by atoms with van der Waals surface area (Å²) in [5, 5.41) is 10.9. The molecule has 1 aromatic heterocycles. The van der Waals surface area contributed by atoms with Crippen LogP contribution in [0.4, 0.5) is 20.7 Å². The van der Waals surface area contributed by atoms with E-state index < -0.39 is 0 Å². The van der Waals surface area contributed by atoms with Crippen LogP contribution >= 0.6 is 11.6 Å². The molecule has 6 nitrogen and oxygen atoms in total. The van der Waals surface area contributed by atoms with Gasteiger partial charge >= 0.3 is 6.03 Å². The van der Waals surface area contributed by atoms with Gasteiger partial charge in [-0.3, -0.25) is 0 Å². The second-order valence-electron chi connectivity index (χ2n) is 6.63. The summed E-state index contributed by atoms with van der Waals surface area (Å²) in [6, 6.07) is 8.29. The van der Waals surface area contributed by atoms with Crippen LogP contribution in [0.1, 0.15) is 24.3 Å². The van der Waals surface area contributed by atoms with Crippen LogP contribution in [0.3, 0.4) is 0 Å². The van der Waals surface area contributed by atoms with E-state index in [4.69, 9.17) is 11.6 Å². The van der Waals surface area contributed by atoms with E-state index in [1.165, 1.54) is 6.07 Å². The van der Waals surface area contributed by atoms with Gasteiger partial charge in [-0.05, 0) is 48.6 Å². The van der Waals surface area contributed by atoms with Crippen LogP contribution in [-0.2, 0) is 0 Å². The SMILES string of the molecule is O=C(Nc1ccc(C2CC2)cc1F)N1CCN(c2ccc(Cl)nn2)CC1. The first kappa shape index (κ1) is 17.0. The predicted molar refractivity (Wildman–Crippen MR) is 98.2 cm³/mol. The van der Waals surface area contributed by atoms with Crippen LogP contribution in [0, 0.1) is 5.82 Å². The van der Waals surface area contributed by atoms with Gasteiger partial charge in [0, 0.05) is 26.2 Å². The van der Waals surface area contributed by atoms with Gasteiger partial charge in [0.1, 0.15) is 5.82 Å². The molecule has 2 aromatic rings. The molecular formula is C18H19ClFN5O. The number of urea groups is 1. The second-order valence-corrected chi connectivity index (χ2v) is 7.02. The Morgan fingerprint density at radius 2 is 1.88 bits per heavy atom. The number of hydrogen-bond donors (Lipinski definition) is 1. The Kier molecular flexibility index (Phi) is 4.63. The van der Waals surface area contributed by atoms with Gasteiger partial charge in [0.15, 0.2) is 11.0 Å². The minimum atomic E-state index is -0.377. The lowest BCUT2D eigenvalue weighted by molar-refractivity contribution is 0.208. The summed E-state index contributed by atoms with van der Waals surface area (Å²) >= 11 is 5.75. The molecule has 1 N–H and O–H groups in total. The highest BCUT2D eigenvalue weighted by Gasteiger charge is 2.25. The molecule has 1 aromatic carbocycles. The van der Waals surface area contributed by atoms with E-state index in [0.29, 0.717) is 37.3 Å². The lowest BCUT2D eigenvalue weighted by atomic mass is 10.1. The minimum absolute atomic E-state index is 0.227. The van der Waals surface area contributed by atoms with Crippen molar-refractivity contribution < 1.29 is 9.18 Å². The van der Waals surface area contributed by atoms with Crippen molar-refractivity contribution >= 4 is 29.1 Å². The molecule has 1 aliphatic heterocycles. The molecule has 136 valence electrons. The summed E-state index contributed by atoms with van der Waals surface area (Å²) in [6.45, 7) is 2.31. The Balaban J connectivity index is 1.34. The summed E-state index contributed by atoms with van der Waals surface area (Å²) in [6.07, 6.45) is 2.24. The van der Waals surface area contributed by atoms with Crippen LogP contribution < -0.4 is 10.2 Å². The lowest BCUT2D eigenvalue weighted by Gasteiger charge is -2.35. The fourth-order valence-corrected chi connectivity index (χ4v) is 3.21. The first-order chi connectivity index (χ1) is 12.6. The number of nitrogens with zero attached hydrogens (tertiary/aromatic N) is 4. The summed E-state index contributed by atoms with van der Waals surface area (Å²) in [5.41, 5.74) is 1.24. The number of rotatable bonds is 3. The molecule has 2 aliphatic rings. The first-order valence-electron chi connectivity index (χ1n) is 8.70. The molecule has 26 heavy (non-hydrogen) atoms. The summed E-state index contributed by atoms with van der Waals surface area (Å²) in [4.78, 5) is 16.1. The Morgan fingerprint density at radius 3 is 2.50 bits per heavy atom. The third kappa shape index (κ3) is 3.72. The van der Waals surface area contributed by atoms with Crippen molar-refractivity contribution in [3.63, 3.8) is 0 Å². The van der Waals surface area contributed by atoms with E-state index in [-0.39, 0.29) is 17.5 Å². The molecule has 1 saturated carbocycles. The Bertz CT molecular complexity index is 804. The van der Waals surface area contributed by atoms with Crippen molar-refractivity contribution in [3.8, 4) is 0 Å². The van der Waals surface area contributed by atoms with E-state index in [9.17, 15) is 9.18 Å². The van der Waals surface area contributed by atoms with Crippen molar-refractivity contribution in [3.05, 3.63) is 46.9 Å². The molecule has 4 rings (SSSR count). The number of carbonyl (C=O) groups excluding carboxylic acids is 1. The number of piperazine rings is 1. The lowest BCUT2D eigenvalue weighted by Crippen LogP contribution is -2.50. The predicted octanol–water partition coefficient (Wildman–Crippen LogP) is 3.50. The van der Waals surface area contributed by atoms with E-state index in [1.807, 2.05) is 17.0 Å². The smallest absolute Gasteiger partial charge is 0.322 e. The van der Waals surface area contributed by atoms with Crippen LogP contribution in [-0.4, -0.2) is 47.3 Å². The monoisotopic (exact) mass is 375 g/mol. The third-order valence-electron chi connectivity index (χ3n) is 4.79. The molecule has 0 spiro atoms. The van der Waals surface area contributed by atoms with E-state index >= 15 is 0 Å². The second kappa shape index (κ2) is 7.07. The average molecular weight is 376 g/mol. The van der Waals surface area contributed by atoms with Crippen LogP contribution in [0.25, 0.3) is 0 Å². The van der Waals surface area contributed by atoms with Gasteiger partial charge in [0.05, 0.1) is 5.69 Å². The number of carbonyl (C=O) groups is 1. The van der Waals surface area contributed by atoms with Crippen LogP contribution in [0.5, 0.6) is 0 Å². The zero-order valence-electron chi connectivity index (χ0n) is 14.2.